The first-order valence-electron chi connectivity index (χ1n) is 6.74. The minimum atomic E-state index is -0.946. The van der Waals surface area contributed by atoms with Gasteiger partial charge in [0.2, 0.25) is 5.91 Å². The number of carbonyl (C=O) groups is 2. The Bertz CT molecular complexity index is 554. The highest BCUT2D eigenvalue weighted by Gasteiger charge is 2.13. The minimum Gasteiger partial charge on any atom is -0.478 e. The molecule has 0 saturated carbocycles. The van der Waals surface area contributed by atoms with E-state index in [0.29, 0.717) is 18.8 Å². The molecule has 1 aromatic rings. The lowest BCUT2D eigenvalue weighted by molar-refractivity contribution is -0.127. The Morgan fingerprint density at radius 3 is 2.57 bits per heavy atom. The summed E-state index contributed by atoms with van der Waals surface area (Å²) in [5.41, 5.74) is 1.94. The number of likely N-dealkylation sites (N-methyl/N-ethyl adjacent to an activating group) is 1. The molecular formula is C16H21NO3S. The van der Waals surface area contributed by atoms with Crippen molar-refractivity contribution in [1.29, 1.82) is 0 Å². The third-order valence-corrected chi connectivity index (χ3v) is 3.98. The van der Waals surface area contributed by atoms with Gasteiger partial charge in [-0.25, -0.2) is 4.79 Å². The Morgan fingerprint density at radius 2 is 2.05 bits per heavy atom. The molecule has 4 nitrogen and oxygen atoms in total. The highest BCUT2D eigenvalue weighted by Crippen LogP contribution is 2.22. The zero-order valence-corrected chi connectivity index (χ0v) is 13.5. The molecule has 1 N–H and O–H groups in total. The van der Waals surface area contributed by atoms with Crippen LogP contribution in [0.4, 0.5) is 0 Å². The SMILES string of the molecule is C=C(C)CN(CC)C(=O)CSc1ccc(C)c(C(=O)O)c1. The number of aryl methyl sites for hydroxylation is 1. The van der Waals surface area contributed by atoms with Gasteiger partial charge in [0.1, 0.15) is 0 Å². The summed E-state index contributed by atoms with van der Waals surface area (Å²) in [5, 5.41) is 9.10. The summed E-state index contributed by atoms with van der Waals surface area (Å²) in [4.78, 5) is 25.7. The van der Waals surface area contributed by atoms with Crippen LogP contribution >= 0.6 is 11.8 Å². The van der Waals surface area contributed by atoms with Crippen LogP contribution in [0, 0.1) is 6.92 Å². The second-order valence-corrected chi connectivity index (χ2v) is 5.98. The van der Waals surface area contributed by atoms with Gasteiger partial charge in [0.25, 0.3) is 0 Å². The monoisotopic (exact) mass is 307 g/mol. The number of carboxylic acids is 1. The van der Waals surface area contributed by atoms with Crippen molar-refractivity contribution in [2.45, 2.75) is 25.7 Å². The average molecular weight is 307 g/mol. The molecule has 0 saturated heterocycles. The molecule has 0 bridgehead atoms. The van der Waals surface area contributed by atoms with Gasteiger partial charge in [-0.15, -0.1) is 11.8 Å². The van der Waals surface area contributed by atoms with Gasteiger partial charge >= 0.3 is 5.97 Å². The molecule has 0 heterocycles. The van der Waals surface area contributed by atoms with Crippen LogP contribution in [0.2, 0.25) is 0 Å². The number of amides is 1. The van der Waals surface area contributed by atoms with E-state index < -0.39 is 5.97 Å². The largest absolute Gasteiger partial charge is 0.478 e. The van der Waals surface area contributed by atoms with Gasteiger partial charge in [-0.1, -0.05) is 18.2 Å². The maximum absolute atomic E-state index is 12.1. The molecule has 0 aromatic heterocycles. The first-order valence-corrected chi connectivity index (χ1v) is 7.72. The third-order valence-electron chi connectivity index (χ3n) is 3.00. The maximum atomic E-state index is 12.1. The summed E-state index contributed by atoms with van der Waals surface area (Å²) >= 11 is 1.36. The summed E-state index contributed by atoms with van der Waals surface area (Å²) in [6.07, 6.45) is 0. The fourth-order valence-corrected chi connectivity index (χ4v) is 2.70. The fraction of sp³-hybridized carbons (Fsp3) is 0.375. The standard InChI is InChI=1S/C16H21NO3S/c1-5-17(9-11(2)3)15(18)10-21-13-7-6-12(4)14(8-13)16(19)20/h6-8H,2,5,9-10H2,1,3-4H3,(H,19,20). The molecule has 0 radical (unpaired) electrons. The van der Waals surface area contributed by atoms with Crippen LogP contribution in [0.1, 0.15) is 29.8 Å². The molecular weight excluding hydrogens is 286 g/mol. The van der Waals surface area contributed by atoms with Crippen molar-refractivity contribution in [3.05, 3.63) is 41.5 Å². The van der Waals surface area contributed by atoms with E-state index in [0.717, 1.165) is 16.0 Å². The van der Waals surface area contributed by atoms with E-state index in [1.807, 2.05) is 19.9 Å². The van der Waals surface area contributed by atoms with Crippen LogP contribution < -0.4 is 0 Å². The zero-order valence-electron chi connectivity index (χ0n) is 12.7. The third kappa shape index (κ3) is 5.27. The van der Waals surface area contributed by atoms with Crippen LogP contribution in [-0.4, -0.2) is 40.7 Å². The summed E-state index contributed by atoms with van der Waals surface area (Å²) in [6, 6.07) is 5.22. The van der Waals surface area contributed by atoms with Crippen molar-refractivity contribution in [2.75, 3.05) is 18.8 Å². The molecule has 0 aliphatic rings. The van der Waals surface area contributed by atoms with E-state index in [1.54, 1.807) is 24.0 Å². The summed E-state index contributed by atoms with van der Waals surface area (Å²) in [6.45, 7) is 10.6. The first-order chi connectivity index (χ1) is 9.85. The van der Waals surface area contributed by atoms with Gasteiger partial charge in [-0.3, -0.25) is 4.79 Å². The molecule has 0 aliphatic carbocycles. The molecule has 5 heteroatoms. The van der Waals surface area contributed by atoms with Gasteiger partial charge in [-0.05, 0) is 38.5 Å². The van der Waals surface area contributed by atoms with E-state index in [4.69, 9.17) is 5.11 Å². The van der Waals surface area contributed by atoms with E-state index >= 15 is 0 Å². The van der Waals surface area contributed by atoms with Crippen LogP contribution in [0.3, 0.4) is 0 Å². The van der Waals surface area contributed by atoms with Crippen molar-refractivity contribution < 1.29 is 14.7 Å². The normalized spacial score (nSPS) is 10.2. The fourth-order valence-electron chi connectivity index (χ4n) is 1.86. The summed E-state index contributed by atoms with van der Waals surface area (Å²) in [5.74, 6) is -0.620. The number of thioether (sulfide) groups is 1. The van der Waals surface area contributed by atoms with Gasteiger partial charge < -0.3 is 10.0 Å². The quantitative estimate of drug-likeness (QED) is 0.621. The highest BCUT2D eigenvalue weighted by molar-refractivity contribution is 8.00. The number of hydrogen-bond donors (Lipinski definition) is 1. The van der Waals surface area contributed by atoms with Crippen molar-refractivity contribution in [3.63, 3.8) is 0 Å². The Hall–Kier alpha value is -1.75. The van der Waals surface area contributed by atoms with Gasteiger partial charge in [0.15, 0.2) is 0 Å². The van der Waals surface area contributed by atoms with E-state index in [2.05, 4.69) is 6.58 Å². The second-order valence-electron chi connectivity index (χ2n) is 4.94. The van der Waals surface area contributed by atoms with Crippen molar-refractivity contribution in [1.82, 2.24) is 4.90 Å². The molecule has 21 heavy (non-hydrogen) atoms. The van der Waals surface area contributed by atoms with E-state index in [1.165, 1.54) is 11.8 Å². The minimum absolute atomic E-state index is 0.0305. The average Bonchev–Trinajstić information content (AvgIpc) is 2.42. The lowest BCUT2D eigenvalue weighted by Crippen LogP contribution is -2.33. The summed E-state index contributed by atoms with van der Waals surface area (Å²) in [7, 11) is 0. The van der Waals surface area contributed by atoms with Crippen molar-refractivity contribution >= 4 is 23.6 Å². The van der Waals surface area contributed by atoms with Gasteiger partial charge in [0, 0.05) is 18.0 Å². The Labute approximate surface area is 129 Å². The number of aromatic carboxylic acids is 1. The van der Waals surface area contributed by atoms with E-state index in [-0.39, 0.29) is 11.5 Å². The molecule has 0 aliphatic heterocycles. The number of nitrogens with zero attached hydrogens (tertiary/aromatic N) is 1. The highest BCUT2D eigenvalue weighted by atomic mass is 32.2. The predicted octanol–water partition coefficient (Wildman–Crippen LogP) is 3.21. The predicted molar refractivity (Wildman–Crippen MR) is 85.9 cm³/mol. The molecule has 0 fully saturated rings. The number of benzene rings is 1. The maximum Gasteiger partial charge on any atom is 0.335 e. The Morgan fingerprint density at radius 1 is 1.38 bits per heavy atom. The van der Waals surface area contributed by atoms with Crippen LogP contribution in [0.5, 0.6) is 0 Å². The smallest absolute Gasteiger partial charge is 0.335 e. The number of rotatable bonds is 7. The molecule has 1 rings (SSSR count). The molecule has 0 spiro atoms. The zero-order chi connectivity index (χ0) is 16.0. The number of hydrogen-bond acceptors (Lipinski definition) is 3. The topological polar surface area (TPSA) is 57.6 Å². The Balaban J connectivity index is 2.70. The lowest BCUT2D eigenvalue weighted by atomic mass is 10.1. The van der Waals surface area contributed by atoms with E-state index in [9.17, 15) is 9.59 Å². The molecule has 1 aromatic carbocycles. The molecule has 1 amide bonds. The number of carboxylic acid groups (broad SMARTS) is 1. The Kier molecular flexibility index (Phi) is 6.49. The molecule has 114 valence electrons. The van der Waals surface area contributed by atoms with Crippen molar-refractivity contribution in [2.24, 2.45) is 0 Å². The number of carbonyl (C=O) groups excluding carboxylic acids is 1. The molecule has 0 atom stereocenters. The summed E-state index contributed by atoms with van der Waals surface area (Å²) < 4.78 is 0. The second kappa shape index (κ2) is 7.88. The van der Waals surface area contributed by atoms with Gasteiger partial charge in [-0.2, -0.15) is 0 Å². The first kappa shape index (κ1) is 17.3. The molecule has 0 unspecified atom stereocenters. The van der Waals surface area contributed by atoms with Crippen LogP contribution in [0.15, 0.2) is 35.2 Å². The van der Waals surface area contributed by atoms with Crippen LogP contribution in [-0.2, 0) is 4.79 Å². The lowest BCUT2D eigenvalue weighted by Gasteiger charge is -2.20. The van der Waals surface area contributed by atoms with Crippen LogP contribution in [0.25, 0.3) is 0 Å². The van der Waals surface area contributed by atoms with Gasteiger partial charge in [0.05, 0.1) is 11.3 Å². The van der Waals surface area contributed by atoms with Crippen molar-refractivity contribution in [3.8, 4) is 0 Å².